The van der Waals surface area contributed by atoms with Crippen LogP contribution >= 0.6 is 0 Å². The fraction of sp³-hybridized carbons (Fsp3) is 0.714. The molecule has 0 radical (unpaired) electrons. The molecule has 0 atom stereocenters. The topological polar surface area (TPSA) is 61.8 Å². The Morgan fingerprint density at radius 3 is 2.00 bits per heavy atom. The first kappa shape index (κ1) is 8.99. The highest BCUT2D eigenvalue weighted by Gasteiger charge is 2.43. The van der Waals surface area contributed by atoms with Gasteiger partial charge in [-0.05, 0) is 0 Å². The number of hydrogen-bond donors (Lipinski definition) is 0. The Bertz CT molecular complexity index is 200. The third-order valence-electron chi connectivity index (χ3n) is 1.36. The van der Waals surface area contributed by atoms with E-state index in [1.165, 1.54) is 21.0 Å². The standard InChI is InChI=1S/C7H10O5/c1-7(2)11-5(8)4(10-3)6(9)12-7/h4H,1-3H3. The lowest BCUT2D eigenvalue weighted by Crippen LogP contribution is -2.50. The Kier molecular flexibility index (Phi) is 2.06. The van der Waals surface area contributed by atoms with Gasteiger partial charge < -0.3 is 14.2 Å². The number of carbonyl (C=O) groups excluding carboxylic acids is 2. The molecule has 1 fully saturated rings. The Labute approximate surface area is 69.6 Å². The van der Waals surface area contributed by atoms with Crippen LogP contribution < -0.4 is 0 Å². The summed E-state index contributed by atoms with van der Waals surface area (Å²) in [5.41, 5.74) is 0. The quantitative estimate of drug-likeness (QED) is 0.408. The third-order valence-corrected chi connectivity index (χ3v) is 1.36. The molecule has 5 nitrogen and oxygen atoms in total. The predicted molar refractivity (Wildman–Crippen MR) is 37.1 cm³/mol. The number of esters is 2. The van der Waals surface area contributed by atoms with Gasteiger partial charge in [0.15, 0.2) is 0 Å². The largest absolute Gasteiger partial charge is 0.421 e. The maximum absolute atomic E-state index is 11.0. The van der Waals surface area contributed by atoms with Gasteiger partial charge in [0.1, 0.15) is 0 Å². The van der Waals surface area contributed by atoms with Crippen molar-refractivity contribution >= 4 is 11.9 Å². The second-order valence-corrected chi connectivity index (χ2v) is 2.86. The van der Waals surface area contributed by atoms with Crippen molar-refractivity contribution in [2.45, 2.75) is 25.7 Å². The molecule has 0 unspecified atom stereocenters. The van der Waals surface area contributed by atoms with Crippen LogP contribution in [0.5, 0.6) is 0 Å². The highest BCUT2D eigenvalue weighted by molar-refractivity contribution is 5.99. The van der Waals surface area contributed by atoms with Crippen LogP contribution in [-0.2, 0) is 23.8 Å². The van der Waals surface area contributed by atoms with Crippen molar-refractivity contribution in [3.8, 4) is 0 Å². The first-order valence-corrected chi connectivity index (χ1v) is 3.45. The SMILES string of the molecule is COC1C(=O)OC(C)(C)OC1=O. The predicted octanol–water partition coefficient (Wildman–Crippen LogP) is -0.163. The molecular weight excluding hydrogens is 164 g/mol. The van der Waals surface area contributed by atoms with Crippen LogP contribution in [0.2, 0.25) is 0 Å². The lowest BCUT2D eigenvalue weighted by atomic mass is 10.3. The average molecular weight is 174 g/mol. The zero-order valence-corrected chi connectivity index (χ0v) is 7.12. The van der Waals surface area contributed by atoms with E-state index < -0.39 is 23.8 Å². The molecule has 0 saturated carbocycles. The molecule has 0 aromatic rings. The van der Waals surface area contributed by atoms with Crippen molar-refractivity contribution in [2.24, 2.45) is 0 Å². The summed E-state index contributed by atoms with van der Waals surface area (Å²) in [6.45, 7) is 2.96. The molecule has 68 valence electrons. The van der Waals surface area contributed by atoms with Crippen molar-refractivity contribution in [3.05, 3.63) is 0 Å². The molecule has 0 N–H and O–H groups in total. The van der Waals surface area contributed by atoms with Crippen LogP contribution in [0.3, 0.4) is 0 Å². The summed E-state index contributed by atoms with van der Waals surface area (Å²) < 4.78 is 14.0. The second-order valence-electron chi connectivity index (χ2n) is 2.86. The lowest BCUT2D eigenvalue weighted by Gasteiger charge is -2.31. The van der Waals surface area contributed by atoms with Gasteiger partial charge in [-0.3, -0.25) is 0 Å². The number of methoxy groups -OCH3 is 1. The minimum absolute atomic E-state index is 0.709. The highest BCUT2D eigenvalue weighted by atomic mass is 16.8. The van der Waals surface area contributed by atoms with Gasteiger partial charge in [-0.2, -0.15) is 0 Å². The van der Waals surface area contributed by atoms with Crippen LogP contribution in [0.4, 0.5) is 0 Å². The Balaban J connectivity index is 2.77. The molecule has 1 aliphatic heterocycles. The minimum Gasteiger partial charge on any atom is -0.421 e. The van der Waals surface area contributed by atoms with Crippen molar-refractivity contribution in [1.29, 1.82) is 0 Å². The maximum atomic E-state index is 11.0. The molecule has 1 aliphatic rings. The molecule has 0 amide bonds. The molecule has 0 aliphatic carbocycles. The molecule has 1 saturated heterocycles. The van der Waals surface area contributed by atoms with E-state index in [9.17, 15) is 9.59 Å². The Morgan fingerprint density at radius 2 is 1.67 bits per heavy atom. The molecule has 1 heterocycles. The summed E-state index contributed by atoms with van der Waals surface area (Å²) >= 11 is 0. The van der Waals surface area contributed by atoms with E-state index in [0.717, 1.165) is 0 Å². The van der Waals surface area contributed by atoms with Crippen molar-refractivity contribution < 1.29 is 23.8 Å². The average Bonchev–Trinajstić information content (AvgIpc) is 1.82. The second kappa shape index (κ2) is 2.75. The summed E-state index contributed by atoms with van der Waals surface area (Å²) in [6.07, 6.45) is -1.24. The number of rotatable bonds is 1. The van der Waals surface area contributed by atoms with E-state index in [-0.39, 0.29) is 0 Å². The van der Waals surface area contributed by atoms with E-state index in [4.69, 9.17) is 9.47 Å². The number of cyclic esters (lactones) is 2. The van der Waals surface area contributed by atoms with E-state index >= 15 is 0 Å². The zero-order chi connectivity index (χ0) is 9.35. The fourth-order valence-electron chi connectivity index (χ4n) is 0.901. The van der Waals surface area contributed by atoms with Crippen molar-refractivity contribution in [3.63, 3.8) is 0 Å². The molecular formula is C7H10O5. The molecule has 0 bridgehead atoms. The molecule has 0 aromatic carbocycles. The summed E-state index contributed by atoms with van der Waals surface area (Å²) in [4.78, 5) is 22.0. The molecule has 12 heavy (non-hydrogen) atoms. The van der Waals surface area contributed by atoms with E-state index in [1.54, 1.807) is 0 Å². The monoisotopic (exact) mass is 174 g/mol. The number of carbonyl (C=O) groups is 2. The van der Waals surface area contributed by atoms with Crippen LogP contribution in [0.15, 0.2) is 0 Å². The molecule has 0 aromatic heterocycles. The lowest BCUT2D eigenvalue weighted by molar-refractivity contribution is -0.247. The normalized spacial score (nSPS) is 23.2. The van der Waals surface area contributed by atoms with Gasteiger partial charge >= 0.3 is 11.9 Å². The van der Waals surface area contributed by atoms with E-state index in [1.807, 2.05) is 0 Å². The first-order valence-electron chi connectivity index (χ1n) is 3.45. The summed E-state index contributed by atoms with van der Waals surface area (Å²) in [5, 5.41) is 0. The number of ether oxygens (including phenoxy) is 3. The van der Waals surface area contributed by atoms with Gasteiger partial charge in [-0.15, -0.1) is 0 Å². The van der Waals surface area contributed by atoms with Gasteiger partial charge in [-0.25, -0.2) is 9.59 Å². The third kappa shape index (κ3) is 1.55. The Hall–Kier alpha value is -1.10. The highest BCUT2D eigenvalue weighted by Crippen LogP contribution is 2.20. The van der Waals surface area contributed by atoms with Crippen molar-refractivity contribution in [2.75, 3.05) is 7.11 Å². The van der Waals surface area contributed by atoms with Crippen LogP contribution in [0.1, 0.15) is 13.8 Å². The summed E-state index contributed by atoms with van der Waals surface area (Å²) in [6, 6.07) is 0. The van der Waals surface area contributed by atoms with Gasteiger partial charge in [0.05, 0.1) is 0 Å². The number of hydrogen-bond acceptors (Lipinski definition) is 5. The van der Waals surface area contributed by atoms with E-state index in [2.05, 4.69) is 4.74 Å². The summed E-state index contributed by atoms with van der Waals surface area (Å²) in [7, 11) is 1.24. The molecule has 5 heteroatoms. The minimum atomic E-state index is -1.24. The van der Waals surface area contributed by atoms with Gasteiger partial charge in [0.2, 0.25) is 0 Å². The van der Waals surface area contributed by atoms with Crippen LogP contribution in [0.25, 0.3) is 0 Å². The fourth-order valence-corrected chi connectivity index (χ4v) is 0.901. The summed E-state index contributed by atoms with van der Waals surface area (Å²) in [5.74, 6) is -2.60. The smallest absolute Gasteiger partial charge is 0.350 e. The van der Waals surface area contributed by atoms with Crippen LogP contribution in [-0.4, -0.2) is 30.9 Å². The first-order chi connectivity index (χ1) is 5.46. The van der Waals surface area contributed by atoms with Crippen LogP contribution in [0, 0.1) is 0 Å². The van der Waals surface area contributed by atoms with Crippen molar-refractivity contribution in [1.82, 2.24) is 0 Å². The van der Waals surface area contributed by atoms with E-state index in [0.29, 0.717) is 0 Å². The van der Waals surface area contributed by atoms with Gasteiger partial charge in [-0.1, -0.05) is 0 Å². The van der Waals surface area contributed by atoms with Gasteiger partial charge in [0.25, 0.3) is 11.9 Å². The Morgan fingerprint density at radius 1 is 1.25 bits per heavy atom. The molecule has 1 rings (SSSR count). The maximum Gasteiger partial charge on any atom is 0.350 e. The zero-order valence-electron chi connectivity index (χ0n) is 7.12. The molecule has 0 spiro atoms. The van der Waals surface area contributed by atoms with Gasteiger partial charge in [0, 0.05) is 21.0 Å².